The second-order valence-corrected chi connectivity index (χ2v) is 6.13. The molecule has 3 aromatic rings. The van der Waals surface area contributed by atoms with E-state index in [2.05, 4.69) is 22.2 Å². The van der Waals surface area contributed by atoms with Crippen LogP contribution in [-0.4, -0.2) is 18.6 Å². The van der Waals surface area contributed by atoms with E-state index in [9.17, 15) is 4.39 Å². The number of ether oxygens (including phenoxy) is 1. The van der Waals surface area contributed by atoms with Crippen molar-refractivity contribution >= 4 is 34.0 Å². The van der Waals surface area contributed by atoms with Gasteiger partial charge in [-0.05, 0) is 36.4 Å². The van der Waals surface area contributed by atoms with Crippen molar-refractivity contribution in [1.82, 2.24) is 4.98 Å². The van der Waals surface area contributed by atoms with Crippen molar-refractivity contribution in [2.75, 3.05) is 24.3 Å². The quantitative estimate of drug-likeness (QED) is 0.557. The number of aromatic nitrogens is 1. The molecule has 1 heterocycles. The average molecular weight is 372 g/mol. The number of hydrogen-bond acceptors (Lipinski definition) is 4. The van der Waals surface area contributed by atoms with Crippen LogP contribution in [0, 0.1) is 5.82 Å². The molecule has 26 heavy (non-hydrogen) atoms. The second-order valence-electron chi connectivity index (χ2n) is 5.70. The molecule has 134 valence electrons. The van der Waals surface area contributed by atoms with Crippen LogP contribution in [0.4, 0.5) is 15.9 Å². The molecule has 0 radical (unpaired) electrons. The molecule has 1 aromatic heterocycles. The molecule has 2 N–H and O–H groups in total. The SMILES string of the molecule is C=CCNc1cc(NCc2cc(F)ccc2OC)nc2ccc(Cl)cc12. The lowest BCUT2D eigenvalue weighted by molar-refractivity contribution is 0.409. The minimum atomic E-state index is -0.308. The van der Waals surface area contributed by atoms with E-state index < -0.39 is 0 Å². The molecular formula is C20H19ClFN3O. The fourth-order valence-corrected chi connectivity index (χ4v) is 2.86. The smallest absolute Gasteiger partial charge is 0.128 e. The van der Waals surface area contributed by atoms with Gasteiger partial charge in [0.1, 0.15) is 17.4 Å². The maximum atomic E-state index is 13.5. The van der Waals surface area contributed by atoms with Crippen LogP contribution in [0.2, 0.25) is 5.02 Å². The summed E-state index contributed by atoms with van der Waals surface area (Å²) < 4.78 is 18.8. The molecule has 6 heteroatoms. The van der Waals surface area contributed by atoms with Gasteiger partial charge in [0.2, 0.25) is 0 Å². The lowest BCUT2D eigenvalue weighted by Crippen LogP contribution is -2.06. The van der Waals surface area contributed by atoms with Crippen molar-refractivity contribution in [2.24, 2.45) is 0 Å². The van der Waals surface area contributed by atoms with Crippen LogP contribution in [0.3, 0.4) is 0 Å². The van der Waals surface area contributed by atoms with Gasteiger partial charge in [0.15, 0.2) is 0 Å². The molecule has 0 saturated heterocycles. The third-order valence-corrected chi connectivity index (χ3v) is 4.15. The summed E-state index contributed by atoms with van der Waals surface area (Å²) in [5.41, 5.74) is 2.41. The van der Waals surface area contributed by atoms with E-state index in [4.69, 9.17) is 16.3 Å². The van der Waals surface area contributed by atoms with Crippen molar-refractivity contribution in [3.8, 4) is 5.75 Å². The minimum absolute atomic E-state index is 0.308. The Morgan fingerprint density at radius 3 is 2.81 bits per heavy atom. The van der Waals surface area contributed by atoms with Crippen molar-refractivity contribution in [1.29, 1.82) is 0 Å². The second kappa shape index (κ2) is 8.06. The van der Waals surface area contributed by atoms with E-state index >= 15 is 0 Å². The molecule has 4 nitrogen and oxygen atoms in total. The highest BCUT2D eigenvalue weighted by Crippen LogP contribution is 2.29. The fourth-order valence-electron chi connectivity index (χ4n) is 2.69. The van der Waals surface area contributed by atoms with Crippen LogP contribution in [0.15, 0.2) is 55.1 Å². The van der Waals surface area contributed by atoms with Gasteiger partial charge in [-0.3, -0.25) is 0 Å². The first-order valence-electron chi connectivity index (χ1n) is 8.12. The fraction of sp³-hybridized carbons (Fsp3) is 0.150. The van der Waals surface area contributed by atoms with Crippen LogP contribution in [-0.2, 0) is 6.54 Å². The molecule has 0 fully saturated rings. The molecule has 0 spiro atoms. The van der Waals surface area contributed by atoms with E-state index in [0.29, 0.717) is 35.2 Å². The number of methoxy groups -OCH3 is 1. The molecule has 0 saturated carbocycles. The summed E-state index contributed by atoms with van der Waals surface area (Å²) in [6.07, 6.45) is 1.78. The standard InChI is InChI=1S/C20H19ClFN3O/c1-3-8-23-18-11-20(25-17-6-4-14(21)10-16(17)18)24-12-13-9-15(22)5-7-19(13)26-2/h3-7,9-11H,1,8,12H2,2H3,(H2,23,24,25). The molecule has 2 aromatic carbocycles. The monoisotopic (exact) mass is 371 g/mol. The van der Waals surface area contributed by atoms with Crippen LogP contribution in [0.1, 0.15) is 5.56 Å². The summed E-state index contributed by atoms with van der Waals surface area (Å²) in [6.45, 7) is 4.73. The first kappa shape index (κ1) is 18.0. The number of nitrogens with one attached hydrogen (secondary N) is 2. The van der Waals surface area contributed by atoms with Crippen LogP contribution < -0.4 is 15.4 Å². The zero-order chi connectivity index (χ0) is 18.5. The molecule has 0 aliphatic rings. The summed E-state index contributed by atoms with van der Waals surface area (Å²) in [6, 6.07) is 11.9. The highest BCUT2D eigenvalue weighted by atomic mass is 35.5. The van der Waals surface area contributed by atoms with Crippen molar-refractivity contribution in [3.05, 3.63) is 71.5 Å². The third kappa shape index (κ3) is 4.06. The number of pyridine rings is 1. The van der Waals surface area contributed by atoms with Crippen LogP contribution in [0.5, 0.6) is 5.75 Å². The van der Waals surface area contributed by atoms with Gasteiger partial charge in [-0.1, -0.05) is 17.7 Å². The van der Waals surface area contributed by atoms with Gasteiger partial charge in [0.05, 0.1) is 12.6 Å². The van der Waals surface area contributed by atoms with E-state index in [1.54, 1.807) is 25.3 Å². The van der Waals surface area contributed by atoms with Gasteiger partial charge in [-0.15, -0.1) is 6.58 Å². The van der Waals surface area contributed by atoms with E-state index in [0.717, 1.165) is 16.6 Å². The Morgan fingerprint density at radius 2 is 2.04 bits per heavy atom. The topological polar surface area (TPSA) is 46.2 Å². The first-order valence-corrected chi connectivity index (χ1v) is 8.50. The Hall–Kier alpha value is -2.79. The summed E-state index contributed by atoms with van der Waals surface area (Å²) in [5, 5.41) is 8.09. The largest absolute Gasteiger partial charge is 0.496 e. The lowest BCUT2D eigenvalue weighted by Gasteiger charge is -2.14. The zero-order valence-corrected chi connectivity index (χ0v) is 15.1. The molecule has 0 unspecified atom stereocenters. The number of fused-ring (bicyclic) bond motifs is 1. The van der Waals surface area contributed by atoms with Crippen molar-refractivity contribution in [2.45, 2.75) is 6.54 Å². The van der Waals surface area contributed by atoms with Gasteiger partial charge in [0.25, 0.3) is 0 Å². The molecular weight excluding hydrogens is 353 g/mol. The molecule has 0 aliphatic carbocycles. The number of halogens is 2. The predicted octanol–water partition coefficient (Wildman–Crippen LogP) is 5.25. The van der Waals surface area contributed by atoms with Crippen molar-refractivity contribution in [3.63, 3.8) is 0 Å². The highest BCUT2D eigenvalue weighted by molar-refractivity contribution is 6.31. The average Bonchev–Trinajstić information content (AvgIpc) is 2.64. The molecule has 3 rings (SSSR count). The van der Waals surface area contributed by atoms with Gasteiger partial charge < -0.3 is 15.4 Å². The summed E-state index contributed by atoms with van der Waals surface area (Å²) in [5.74, 6) is 0.978. The van der Waals surface area contributed by atoms with Crippen LogP contribution in [0.25, 0.3) is 10.9 Å². The number of hydrogen-bond donors (Lipinski definition) is 2. The Morgan fingerprint density at radius 1 is 1.19 bits per heavy atom. The van der Waals surface area contributed by atoms with Gasteiger partial charge in [-0.25, -0.2) is 9.37 Å². The highest BCUT2D eigenvalue weighted by Gasteiger charge is 2.09. The van der Waals surface area contributed by atoms with E-state index in [1.165, 1.54) is 12.1 Å². The van der Waals surface area contributed by atoms with Crippen molar-refractivity contribution < 1.29 is 9.13 Å². The number of rotatable bonds is 7. The Bertz CT molecular complexity index is 946. The number of benzene rings is 2. The van der Waals surface area contributed by atoms with Crippen LogP contribution >= 0.6 is 11.6 Å². The third-order valence-electron chi connectivity index (χ3n) is 3.91. The zero-order valence-electron chi connectivity index (χ0n) is 14.4. The summed E-state index contributed by atoms with van der Waals surface area (Å²) in [4.78, 5) is 4.61. The maximum Gasteiger partial charge on any atom is 0.128 e. The maximum absolute atomic E-state index is 13.5. The Kier molecular flexibility index (Phi) is 5.58. The van der Waals surface area contributed by atoms with E-state index in [-0.39, 0.29) is 5.82 Å². The summed E-state index contributed by atoms with van der Waals surface area (Å²) in [7, 11) is 1.56. The Balaban J connectivity index is 1.91. The molecule has 0 atom stereocenters. The first-order chi connectivity index (χ1) is 12.6. The predicted molar refractivity (Wildman–Crippen MR) is 106 cm³/mol. The van der Waals surface area contributed by atoms with Gasteiger partial charge in [-0.2, -0.15) is 0 Å². The molecule has 0 bridgehead atoms. The number of nitrogens with zero attached hydrogens (tertiary/aromatic N) is 1. The number of anilines is 2. The lowest BCUT2D eigenvalue weighted by atomic mass is 10.1. The minimum Gasteiger partial charge on any atom is -0.496 e. The normalized spacial score (nSPS) is 10.6. The molecule has 0 amide bonds. The van der Waals surface area contributed by atoms with Gasteiger partial charge in [0, 0.05) is 40.8 Å². The Labute approximate surface area is 156 Å². The summed E-state index contributed by atoms with van der Waals surface area (Å²) >= 11 is 6.11. The molecule has 0 aliphatic heterocycles. The van der Waals surface area contributed by atoms with Gasteiger partial charge >= 0.3 is 0 Å². The van der Waals surface area contributed by atoms with E-state index in [1.807, 2.05) is 18.2 Å².